The third kappa shape index (κ3) is 2.54. The van der Waals surface area contributed by atoms with Crippen molar-refractivity contribution in [2.24, 2.45) is 9.98 Å². The van der Waals surface area contributed by atoms with Gasteiger partial charge in [0.2, 0.25) is 5.95 Å². The fraction of sp³-hybridized carbons (Fsp3) is 0.250. The number of H-pyrrole nitrogens is 1. The molecule has 1 fully saturated rings. The Kier molecular flexibility index (Phi) is 3.35. The van der Waals surface area contributed by atoms with E-state index < -0.39 is 11.8 Å². The maximum Gasteiger partial charge on any atom is 0.280 e. The van der Waals surface area contributed by atoms with Gasteiger partial charge in [-0.3, -0.25) is 30.0 Å². The number of rotatable bonds is 3. The molecule has 0 saturated carbocycles. The van der Waals surface area contributed by atoms with Gasteiger partial charge in [-0.25, -0.2) is 9.97 Å². The summed E-state index contributed by atoms with van der Waals surface area (Å²) >= 11 is 0. The lowest BCUT2D eigenvalue weighted by atomic mass is 10.2. The predicted octanol–water partition coefficient (Wildman–Crippen LogP) is -2.51. The number of amides is 1. The second-order valence-electron chi connectivity index (χ2n) is 4.92. The summed E-state index contributed by atoms with van der Waals surface area (Å²) in [6, 6.07) is 0. The molecular weight excluding hydrogens is 316 g/mol. The van der Waals surface area contributed by atoms with E-state index >= 15 is 0 Å². The zero-order valence-corrected chi connectivity index (χ0v) is 12.2. The summed E-state index contributed by atoms with van der Waals surface area (Å²) in [5.74, 6) is 0.224. The average molecular weight is 328 g/mol. The molecule has 4 heterocycles. The maximum atomic E-state index is 12.0. The van der Waals surface area contributed by atoms with Gasteiger partial charge in [-0.15, -0.1) is 0 Å². The molecule has 1 atom stereocenters. The highest BCUT2D eigenvalue weighted by molar-refractivity contribution is 6.67. The molecule has 2 aromatic rings. The molecule has 0 aromatic carbocycles. The lowest BCUT2D eigenvalue weighted by molar-refractivity contribution is -0.115. The highest BCUT2D eigenvalue weighted by atomic mass is 16.2. The van der Waals surface area contributed by atoms with Gasteiger partial charge in [-0.2, -0.15) is 10.4 Å². The first-order valence-electron chi connectivity index (χ1n) is 7.10. The van der Waals surface area contributed by atoms with Crippen molar-refractivity contribution in [3.63, 3.8) is 0 Å². The van der Waals surface area contributed by atoms with E-state index in [1.165, 1.54) is 12.4 Å². The van der Waals surface area contributed by atoms with Gasteiger partial charge >= 0.3 is 0 Å². The van der Waals surface area contributed by atoms with Crippen molar-refractivity contribution in [2.45, 2.75) is 6.29 Å². The average Bonchev–Trinajstić information content (AvgIpc) is 2.60. The van der Waals surface area contributed by atoms with Crippen molar-refractivity contribution in [3.05, 3.63) is 22.7 Å². The largest absolute Gasteiger partial charge is 0.335 e. The Morgan fingerprint density at radius 2 is 1.92 bits per heavy atom. The Morgan fingerprint density at radius 3 is 2.83 bits per heavy atom. The van der Waals surface area contributed by atoms with Crippen LogP contribution >= 0.6 is 0 Å². The van der Waals surface area contributed by atoms with Gasteiger partial charge in [0.1, 0.15) is 0 Å². The number of amidine groups is 1. The van der Waals surface area contributed by atoms with Crippen LogP contribution in [0.15, 0.2) is 27.2 Å². The Labute approximate surface area is 133 Å². The minimum absolute atomic E-state index is 0.133. The molecule has 0 bridgehead atoms. The van der Waals surface area contributed by atoms with Gasteiger partial charge < -0.3 is 10.6 Å². The lowest BCUT2D eigenvalue weighted by Crippen LogP contribution is -2.66. The van der Waals surface area contributed by atoms with Gasteiger partial charge in [0.05, 0.1) is 13.1 Å². The van der Waals surface area contributed by atoms with Crippen molar-refractivity contribution in [1.82, 2.24) is 36.0 Å². The minimum atomic E-state index is -0.656. The number of hydrogen-bond donors (Lipinski definition) is 5. The zero-order chi connectivity index (χ0) is 16.5. The number of nitrogens with one attached hydrogen (secondary N) is 5. The molecule has 1 saturated heterocycles. The number of carbonyl (C=O) groups excluding carboxylic acids is 1. The smallest absolute Gasteiger partial charge is 0.280 e. The highest BCUT2D eigenvalue weighted by Gasteiger charge is 2.29. The van der Waals surface area contributed by atoms with Crippen LogP contribution < -0.4 is 27.0 Å². The number of aromatic amines is 1. The van der Waals surface area contributed by atoms with Crippen molar-refractivity contribution in [2.75, 3.05) is 18.5 Å². The number of carbonyl (C=O) groups is 1. The third-order valence-electron chi connectivity index (χ3n) is 3.31. The van der Waals surface area contributed by atoms with E-state index in [-0.39, 0.29) is 28.7 Å². The lowest BCUT2D eigenvalue weighted by Gasteiger charge is -2.29. The van der Waals surface area contributed by atoms with Gasteiger partial charge in [0, 0.05) is 12.4 Å². The fourth-order valence-electron chi connectivity index (χ4n) is 2.28. The summed E-state index contributed by atoms with van der Waals surface area (Å²) in [6.07, 6.45) is 2.20. The summed E-state index contributed by atoms with van der Waals surface area (Å²) in [5.41, 5.74) is 5.70. The quantitative estimate of drug-likeness (QED) is 0.386. The summed E-state index contributed by atoms with van der Waals surface area (Å²) in [5, 5.41) is 5.63. The molecule has 5 N–H and O–H groups in total. The van der Waals surface area contributed by atoms with E-state index in [1.54, 1.807) is 0 Å². The Balaban J connectivity index is 1.49. The van der Waals surface area contributed by atoms with Crippen molar-refractivity contribution in [3.8, 4) is 0 Å². The molecule has 2 aliphatic rings. The molecule has 2 aromatic heterocycles. The highest BCUT2D eigenvalue weighted by Crippen LogP contribution is 2.02. The van der Waals surface area contributed by atoms with Crippen LogP contribution in [-0.4, -0.2) is 56.8 Å². The fourth-order valence-corrected chi connectivity index (χ4v) is 2.28. The van der Waals surface area contributed by atoms with Crippen LogP contribution in [0.1, 0.15) is 0 Å². The van der Waals surface area contributed by atoms with Crippen LogP contribution in [0.3, 0.4) is 0 Å². The minimum Gasteiger partial charge on any atom is -0.335 e. The summed E-state index contributed by atoms with van der Waals surface area (Å²) < 4.78 is 0. The molecule has 0 aliphatic carbocycles. The van der Waals surface area contributed by atoms with E-state index in [0.717, 1.165) is 0 Å². The molecule has 12 heteroatoms. The second kappa shape index (κ2) is 5.66. The molecule has 2 aliphatic heterocycles. The van der Waals surface area contributed by atoms with Gasteiger partial charge in [0.15, 0.2) is 29.0 Å². The molecular formula is C12H12N10O2. The van der Waals surface area contributed by atoms with Crippen LogP contribution in [0.4, 0.5) is 5.95 Å². The SMILES string of the molecule is O=C1NC(NNc2nc3nccnc3c(=O)[nH]2)NC2=NCCN=C12. The third-order valence-corrected chi connectivity index (χ3v) is 3.31. The first kappa shape index (κ1) is 14.2. The van der Waals surface area contributed by atoms with Crippen LogP contribution in [0.25, 0.3) is 11.2 Å². The van der Waals surface area contributed by atoms with Crippen molar-refractivity contribution >= 4 is 34.6 Å². The van der Waals surface area contributed by atoms with E-state index in [1.807, 2.05) is 0 Å². The van der Waals surface area contributed by atoms with E-state index in [4.69, 9.17) is 0 Å². The van der Waals surface area contributed by atoms with Gasteiger partial charge in [0.25, 0.3) is 11.5 Å². The molecule has 12 nitrogen and oxygen atoms in total. The normalized spacial score (nSPS) is 19.7. The van der Waals surface area contributed by atoms with E-state index in [9.17, 15) is 9.59 Å². The van der Waals surface area contributed by atoms with Gasteiger partial charge in [-0.1, -0.05) is 0 Å². The van der Waals surface area contributed by atoms with E-state index in [2.05, 4.69) is 51.4 Å². The molecule has 1 unspecified atom stereocenters. The number of aliphatic imine (C=N–C) groups is 2. The van der Waals surface area contributed by atoms with E-state index in [0.29, 0.717) is 18.9 Å². The topological polar surface area (TPSA) is 161 Å². The van der Waals surface area contributed by atoms with Crippen LogP contribution in [-0.2, 0) is 4.79 Å². The van der Waals surface area contributed by atoms with Crippen LogP contribution in [0.5, 0.6) is 0 Å². The predicted molar refractivity (Wildman–Crippen MR) is 84.4 cm³/mol. The van der Waals surface area contributed by atoms with Crippen molar-refractivity contribution < 1.29 is 4.79 Å². The Bertz CT molecular complexity index is 933. The molecule has 0 radical (unpaired) electrons. The van der Waals surface area contributed by atoms with Crippen molar-refractivity contribution in [1.29, 1.82) is 0 Å². The number of aromatic nitrogens is 4. The van der Waals surface area contributed by atoms with Gasteiger partial charge in [-0.05, 0) is 0 Å². The maximum absolute atomic E-state index is 12.0. The van der Waals surface area contributed by atoms with Crippen LogP contribution in [0, 0.1) is 0 Å². The number of anilines is 1. The molecule has 4 rings (SSSR count). The van der Waals surface area contributed by atoms with Crippen LogP contribution in [0.2, 0.25) is 0 Å². The first-order valence-corrected chi connectivity index (χ1v) is 7.10. The molecule has 24 heavy (non-hydrogen) atoms. The summed E-state index contributed by atoms with van der Waals surface area (Å²) in [7, 11) is 0. The zero-order valence-electron chi connectivity index (χ0n) is 12.2. The molecule has 1 amide bonds. The summed E-state index contributed by atoms with van der Waals surface area (Å²) in [6.45, 7) is 1.02. The number of hydrazine groups is 1. The summed E-state index contributed by atoms with van der Waals surface area (Å²) in [4.78, 5) is 46.7. The first-order chi connectivity index (χ1) is 11.7. The molecule has 122 valence electrons. The monoisotopic (exact) mass is 328 g/mol. The number of nitrogens with zero attached hydrogens (tertiary/aromatic N) is 5. The standard InChI is InChI=1S/C12H12N10O2/c23-9-5-7(15-3-1-13-5)17-11(19-9)21-22-12-18-8-6(10(24)20-12)14-2-4-16-8/h1,3,12,22H,2,4H2,(H,16,18)(H,20,24)(H2,15,17,19,21,23). The number of fused-ring (bicyclic) bond motifs is 2. The Hall–Kier alpha value is -3.41. The second-order valence-corrected chi connectivity index (χ2v) is 4.92. The number of hydrogen-bond acceptors (Lipinski definition) is 10. The Morgan fingerprint density at radius 1 is 1.08 bits per heavy atom. The molecule has 0 spiro atoms.